The number of hydrogen-bond acceptors (Lipinski definition) is 1. The van der Waals surface area contributed by atoms with Gasteiger partial charge in [0.2, 0.25) is 0 Å². The molecule has 2 aromatic rings. The van der Waals surface area contributed by atoms with Crippen molar-refractivity contribution in [3.05, 3.63) is 29.6 Å². The minimum absolute atomic E-state index is 0.403. The van der Waals surface area contributed by atoms with E-state index in [-0.39, 0.29) is 0 Å². The molecule has 1 aliphatic carbocycles. The molecule has 0 amide bonds. The highest BCUT2D eigenvalue weighted by Crippen LogP contribution is 2.34. The van der Waals surface area contributed by atoms with Crippen LogP contribution in [0.2, 0.25) is 0 Å². The van der Waals surface area contributed by atoms with E-state index in [1.165, 1.54) is 18.9 Å². The molecule has 21 heavy (non-hydrogen) atoms. The van der Waals surface area contributed by atoms with Gasteiger partial charge in [0, 0.05) is 18.8 Å². The quantitative estimate of drug-likeness (QED) is 0.735. The molecule has 0 radical (unpaired) electrons. The summed E-state index contributed by atoms with van der Waals surface area (Å²) in [5.74, 6) is 1.96. The summed E-state index contributed by atoms with van der Waals surface area (Å²) in [5.41, 5.74) is 0.517. The molecule has 1 aromatic carbocycles. The van der Waals surface area contributed by atoms with E-state index >= 15 is 0 Å². The molecule has 1 fully saturated rings. The SMILES string of the molecule is FC(F)(F)c1ccc2c(c1)nc(CCCl)n2CCC1CC1. The lowest BCUT2D eigenvalue weighted by atomic mass is 10.2. The van der Waals surface area contributed by atoms with Crippen LogP contribution in [0.4, 0.5) is 13.2 Å². The van der Waals surface area contributed by atoms with Gasteiger partial charge in [-0.25, -0.2) is 4.98 Å². The number of rotatable bonds is 5. The lowest BCUT2D eigenvalue weighted by Crippen LogP contribution is -2.06. The molecule has 0 aliphatic heterocycles. The molecule has 0 bridgehead atoms. The molecule has 1 aromatic heterocycles. The van der Waals surface area contributed by atoms with Crippen LogP contribution in [0.15, 0.2) is 18.2 Å². The maximum atomic E-state index is 12.8. The number of aryl methyl sites for hydroxylation is 2. The Bertz CT molecular complexity index is 644. The molecule has 114 valence electrons. The summed E-state index contributed by atoms with van der Waals surface area (Å²) in [6, 6.07) is 3.78. The minimum atomic E-state index is -4.33. The summed E-state index contributed by atoms with van der Waals surface area (Å²) in [6.45, 7) is 0.804. The van der Waals surface area contributed by atoms with Gasteiger partial charge < -0.3 is 4.57 Å². The van der Waals surface area contributed by atoms with Crippen LogP contribution in [-0.2, 0) is 19.1 Å². The number of hydrogen-bond donors (Lipinski definition) is 0. The van der Waals surface area contributed by atoms with E-state index in [0.717, 1.165) is 42.4 Å². The first-order valence-electron chi connectivity index (χ1n) is 7.11. The second-order valence-electron chi connectivity index (χ2n) is 5.55. The van der Waals surface area contributed by atoms with Crippen LogP contribution in [0.1, 0.15) is 30.7 Å². The third-order valence-corrected chi connectivity index (χ3v) is 4.12. The summed E-state index contributed by atoms with van der Waals surface area (Å²) in [4.78, 5) is 4.35. The zero-order valence-corrected chi connectivity index (χ0v) is 12.2. The van der Waals surface area contributed by atoms with E-state index in [1.807, 2.05) is 4.57 Å². The average molecular weight is 317 g/mol. The van der Waals surface area contributed by atoms with Gasteiger partial charge in [0.15, 0.2) is 0 Å². The van der Waals surface area contributed by atoms with Crippen molar-refractivity contribution in [3.63, 3.8) is 0 Å². The molecule has 0 unspecified atom stereocenters. The smallest absolute Gasteiger partial charge is 0.328 e. The molecule has 3 rings (SSSR count). The van der Waals surface area contributed by atoms with Gasteiger partial charge in [0.25, 0.3) is 0 Å². The fraction of sp³-hybridized carbons (Fsp3) is 0.533. The average Bonchev–Trinajstić information content (AvgIpc) is 3.18. The predicted octanol–water partition coefficient (Wildman–Crippen LogP) is 4.64. The largest absolute Gasteiger partial charge is 0.416 e. The highest BCUT2D eigenvalue weighted by molar-refractivity contribution is 6.17. The molecule has 1 saturated carbocycles. The van der Waals surface area contributed by atoms with Crippen molar-refractivity contribution < 1.29 is 13.2 Å². The van der Waals surface area contributed by atoms with E-state index in [4.69, 9.17) is 11.6 Å². The Kier molecular flexibility index (Phi) is 3.86. The Morgan fingerprint density at radius 3 is 2.67 bits per heavy atom. The Morgan fingerprint density at radius 1 is 1.29 bits per heavy atom. The maximum absolute atomic E-state index is 12.8. The Morgan fingerprint density at radius 2 is 2.05 bits per heavy atom. The molecular weight excluding hydrogens is 301 g/mol. The topological polar surface area (TPSA) is 17.8 Å². The second kappa shape index (κ2) is 5.52. The van der Waals surface area contributed by atoms with E-state index in [1.54, 1.807) is 0 Å². The minimum Gasteiger partial charge on any atom is -0.328 e. The van der Waals surface area contributed by atoms with Crippen molar-refractivity contribution in [2.24, 2.45) is 5.92 Å². The highest BCUT2D eigenvalue weighted by atomic mass is 35.5. The van der Waals surface area contributed by atoms with Gasteiger partial charge in [-0.05, 0) is 30.5 Å². The monoisotopic (exact) mass is 316 g/mol. The highest BCUT2D eigenvalue weighted by Gasteiger charge is 2.31. The van der Waals surface area contributed by atoms with E-state index in [9.17, 15) is 13.2 Å². The van der Waals surface area contributed by atoms with Gasteiger partial charge in [-0.1, -0.05) is 12.8 Å². The number of benzene rings is 1. The van der Waals surface area contributed by atoms with Gasteiger partial charge in [0.1, 0.15) is 5.82 Å². The fourth-order valence-electron chi connectivity index (χ4n) is 2.60. The van der Waals surface area contributed by atoms with Gasteiger partial charge in [-0.2, -0.15) is 13.2 Å². The summed E-state index contributed by atoms with van der Waals surface area (Å²) < 4.78 is 40.4. The number of alkyl halides is 4. The van der Waals surface area contributed by atoms with Crippen molar-refractivity contribution >= 4 is 22.6 Å². The van der Waals surface area contributed by atoms with Crippen molar-refractivity contribution in [2.75, 3.05) is 5.88 Å². The van der Waals surface area contributed by atoms with Crippen LogP contribution < -0.4 is 0 Å². The summed E-state index contributed by atoms with van der Waals surface area (Å²) >= 11 is 5.78. The molecular formula is C15H16ClF3N2. The third-order valence-electron chi connectivity index (χ3n) is 3.93. The van der Waals surface area contributed by atoms with Crippen molar-refractivity contribution in [1.29, 1.82) is 0 Å². The lowest BCUT2D eigenvalue weighted by molar-refractivity contribution is -0.137. The number of nitrogens with zero attached hydrogens (tertiary/aromatic N) is 2. The van der Waals surface area contributed by atoms with Crippen LogP contribution in [-0.4, -0.2) is 15.4 Å². The molecule has 1 heterocycles. The Balaban J connectivity index is 1.98. The van der Waals surface area contributed by atoms with Gasteiger partial charge in [-0.3, -0.25) is 0 Å². The normalized spacial score (nSPS) is 15.8. The second-order valence-corrected chi connectivity index (χ2v) is 5.93. The first kappa shape index (κ1) is 14.7. The number of imidazole rings is 1. The molecule has 2 nitrogen and oxygen atoms in total. The summed E-state index contributed by atoms with van der Waals surface area (Å²) in [7, 11) is 0. The maximum Gasteiger partial charge on any atom is 0.416 e. The first-order valence-corrected chi connectivity index (χ1v) is 7.65. The zero-order valence-electron chi connectivity index (χ0n) is 11.5. The lowest BCUT2D eigenvalue weighted by Gasteiger charge is -2.09. The van der Waals surface area contributed by atoms with Crippen LogP contribution in [0.25, 0.3) is 11.0 Å². The first-order chi connectivity index (χ1) is 9.99. The number of halogens is 4. The molecule has 0 atom stereocenters. The molecule has 0 spiro atoms. The van der Waals surface area contributed by atoms with Crippen LogP contribution in [0.5, 0.6) is 0 Å². The predicted molar refractivity (Wildman–Crippen MR) is 76.5 cm³/mol. The number of fused-ring (bicyclic) bond motifs is 1. The Hall–Kier alpha value is -1.23. The van der Waals surface area contributed by atoms with Crippen LogP contribution >= 0.6 is 11.6 Å². The van der Waals surface area contributed by atoms with Gasteiger partial charge in [-0.15, -0.1) is 11.6 Å². The van der Waals surface area contributed by atoms with Gasteiger partial charge in [0.05, 0.1) is 16.6 Å². The van der Waals surface area contributed by atoms with Crippen molar-refractivity contribution in [2.45, 2.75) is 38.4 Å². The molecule has 1 aliphatic rings. The molecule has 6 heteroatoms. The van der Waals surface area contributed by atoms with Crippen molar-refractivity contribution in [3.8, 4) is 0 Å². The molecule has 0 N–H and O–H groups in total. The standard InChI is InChI=1S/C15H16ClF3N2/c16-7-5-14-20-12-9-11(15(17,18)19)3-4-13(12)21(14)8-6-10-1-2-10/h3-4,9-10H,1-2,5-8H2. The van der Waals surface area contributed by atoms with Crippen LogP contribution in [0.3, 0.4) is 0 Å². The zero-order chi connectivity index (χ0) is 15.0. The van der Waals surface area contributed by atoms with E-state index in [0.29, 0.717) is 17.8 Å². The Labute approximate surface area is 125 Å². The van der Waals surface area contributed by atoms with E-state index < -0.39 is 11.7 Å². The number of aromatic nitrogens is 2. The van der Waals surface area contributed by atoms with E-state index in [2.05, 4.69) is 4.98 Å². The third kappa shape index (κ3) is 3.18. The van der Waals surface area contributed by atoms with Crippen molar-refractivity contribution in [1.82, 2.24) is 9.55 Å². The summed E-state index contributed by atoms with van der Waals surface area (Å²) in [6.07, 6.45) is -0.186. The summed E-state index contributed by atoms with van der Waals surface area (Å²) in [5, 5.41) is 0. The van der Waals surface area contributed by atoms with Crippen LogP contribution in [0, 0.1) is 5.92 Å². The van der Waals surface area contributed by atoms with Gasteiger partial charge >= 0.3 is 6.18 Å². The molecule has 0 saturated heterocycles. The fourth-order valence-corrected chi connectivity index (χ4v) is 2.77.